The molecule has 2 aromatic rings. The highest BCUT2D eigenvalue weighted by molar-refractivity contribution is 8.14. The molecule has 0 aromatic heterocycles. The van der Waals surface area contributed by atoms with E-state index >= 15 is 0 Å². The molecule has 0 spiro atoms. The minimum atomic E-state index is -0.659. The highest BCUT2D eigenvalue weighted by Crippen LogP contribution is 2.43. The van der Waals surface area contributed by atoms with Crippen LogP contribution >= 0.6 is 23.5 Å². The highest BCUT2D eigenvalue weighted by atomic mass is 32.2. The molecule has 16 heteroatoms. The number of benzene rings is 2. The summed E-state index contributed by atoms with van der Waals surface area (Å²) in [6.07, 6.45) is 0.0282. The Morgan fingerprint density at radius 3 is 1.52 bits per heavy atom. The SMILES string of the molecule is C=CCN(C(=O)OC(C)(C)C)C1=N[C@@H]2[C@@H](OCc3ccccc3)[C@H](C)[C@@H](C(C)=O)O[C@@H]2S1.C=CCN(C(=O)OC(C)(C)C)C1=N[C@@H]2[C@@H](OCc3ccccc3)[C@H](C)[C@@H](C(C)O)O[C@@H]2S1. The van der Waals surface area contributed by atoms with Crippen molar-refractivity contribution in [1.82, 2.24) is 9.80 Å². The van der Waals surface area contributed by atoms with Crippen LogP contribution in [0.5, 0.6) is 0 Å². The Morgan fingerprint density at radius 1 is 0.734 bits per heavy atom. The lowest BCUT2D eigenvalue weighted by Crippen LogP contribution is -2.54. The summed E-state index contributed by atoms with van der Waals surface area (Å²) in [5.41, 5.74) is 0.0462. The predicted molar refractivity (Wildman–Crippen MR) is 252 cm³/mol. The van der Waals surface area contributed by atoms with E-state index < -0.39 is 47.1 Å². The van der Waals surface area contributed by atoms with E-state index in [0.717, 1.165) is 11.1 Å². The number of amidine groups is 2. The molecule has 2 fully saturated rings. The standard InChI is InChI=1S/C24H34N2O5S.C24H32N2O5S/c2*1-7-13-26(23(28)31-24(4,5)6)22-25-18-20(29-14-17-11-9-8-10-12-17)15(2)19(16(3)27)30-21(18)32-22/h7-12,15-16,18-21,27H,1,13-14H2,2-6H3;7-12,15,18-21H,1,13-14H2,2-6H3/t15-,16?,18-,19+,20+,21-;15-,18-,19+,20+,21-/m11/s1. The maximum absolute atomic E-state index is 12.8. The molecule has 4 heterocycles. The number of carbonyl (C=O) groups excluding carboxylic acids is 3. The first kappa shape index (κ1) is 51.0. The monoisotopic (exact) mass is 922 g/mol. The second-order valence-electron chi connectivity index (χ2n) is 18.3. The first-order valence-corrected chi connectivity index (χ1v) is 23.5. The third kappa shape index (κ3) is 13.5. The summed E-state index contributed by atoms with van der Waals surface area (Å²) in [5.74, 6) is -0.318. The molecule has 0 radical (unpaired) electrons. The fourth-order valence-electron chi connectivity index (χ4n) is 7.66. The van der Waals surface area contributed by atoms with E-state index in [2.05, 4.69) is 13.2 Å². The molecule has 1 N–H and O–H groups in total. The Hall–Kier alpha value is -4.03. The number of aliphatic hydroxyl groups excluding tert-OH is 1. The van der Waals surface area contributed by atoms with Crippen LogP contribution in [0.2, 0.25) is 0 Å². The van der Waals surface area contributed by atoms with Crippen molar-refractivity contribution in [1.29, 1.82) is 0 Å². The van der Waals surface area contributed by atoms with Gasteiger partial charge in [-0.25, -0.2) is 9.59 Å². The van der Waals surface area contributed by atoms with Gasteiger partial charge in [-0.3, -0.25) is 24.6 Å². The number of thioether (sulfide) groups is 2. The van der Waals surface area contributed by atoms with Gasteiger partial charge in [-0.2, -0.15) is 0 Å². The lowest BCUT2D eigenvalue weighted by molar-refractivity contribution is -0.165. The van der Waals surface area contributed by atoms with Crippen molar-refractivity contribution in [3.05, 3.63) is 97.1 Å². The second-order valence-corrected chi connectivity index (χ2v) is 20.4. The summed E-state index contributed by atoms with van der Waals surface area (Å²) in [4.78, 5) is 50.5. The van der Waals surface area contributed by atoms with Gasteiger partial charge in [0.2, 0.25) is 0 Å². The predicted octanol–water partition coefficient (Wildman–Crippen LogP) is 8.62. The quantitative estimate of drug-likeness (QED) is 0.203. The van der Waals surface area contributed by atoms with Gasteiger partial charge in [-0.1, -0.05) is 110 Å². The van der Waals surface area contributed by atoms with Crippen LogP contribution in [0.4, 0.5) is 9.59 Å². The molecule has 2 aromatic carbocycles. The number of fused-ring (bicyclic) bond motifs is 2. The molecule has 1 unspecified atom stereocenters. The molecule has 4 aliphatic heterocycles. The number of Topliss-reactive ketones (excluding diaryl/α,β-unsaturated/α-hetero) is 1. The number of aliphatic hydroxyl groups is 1. The van der Waals surface area contributed by atoms with E-state index in [0.29, 0.717) is 23.5 Å². The number of nitrogens with zero attached hydrogens (tertiary/aromatic N) is 4. The van der Waals surface area contributed by atoms with Gasteiger partial charge in [0.05, 0.1) is 37.6 Å². The third-order valence-corrected chi connectivity index (χ3v) is 12.9. The fraction of sp³-hybridized carbons (Fsp3) is 0.562. The molecule has 14 nitrogen and oxygen atoms in total. The zero-order valence-corrected chi connectivity index (χ0v) is 40.4. The molecule has 6 rings (SSSR count). The number of ether oxygens (including phenoxy) is 6. The van der Waals surface area contributed by atoms with Crippen molar-refractivity contribution in [3.8, 4) is 0 Å². The third-order valence-electron chi connectivity index (χ3n) is 10.6. The summed E-state index contributed by atoms with van der Waals surface area (Å²) in [7, 11) is 0. The van der Waals surface area contributed by atoms with E-state index in [1.807, 2.05) is 116 Å². The molecule has 11 atom stereocenters. The average Bonchev–Trinajstić information content (AvgIpc) is 3.84. The molecule has 64 heavy (non-hydrogen) atoms. The van der Waals surface area contributed by atoms with Crippen LogP contribution in [-0.4, -0.2) is 121 Å². The van der Waals surface area contributed by atoms with Crippen molar-refractivity contribution in [2.45, 2.75) is 147 Å². The van der Waals surface area contributed by atoms with Gasteiger partial charge in [0, 0.05) is 24.9 Å². The van der Waals surface area contributed by atoms with Gasteiger partial charge in [-0.05, 0) is 66.5 Å². The van der Waals surface area contributed by atoms with Gasteiger partial charge in [0.1, 0.15) is 40.3 Å². The number of carbonyl (C=O) groups is 3. The molecule has 4 aliphatic rings. The normalized spacial score (nSPS) is 27.9. The highest BCUT2D eigenvalue weighted by Gasteiger charge is 2.52. The van der Waals surface area contributed by atoms with E-state index in [4.69, 9.17) is 38.4 Å². The number of ketones is 1. The van der Waals surface area contributed by atoms with Crippen molar-refractivity contribution < 1.29 is 47.9 Å². The Labute approximate surface area is 387 Å². The molecule has 0 saturated carbocycles. The fourth-order valence-corrected chi connectivity index (χ4v) is 10.1. The smallest absolute Gasteiger partial charge is 0.416 e. The van der Waals surface area contributed by atoms with E-state index in [1.165, 1.54) is 40.2 Å². The van der Waals surface area contributed by atoms with E-state index in [9.17, 15) is 19.5 Å². The van der Waals surface area contributed by atoms with Crippen LogP contribution < -0.4 is 0 Å². The molecule has 2 amide bonds. The number of hydrogen-bond acceptors (Lipinski definition) is 14. The lowest BCUT2D eigenvalue weighted by atomic mass is 9.87. The first-order valence-electron chi connectivity index (χ1n) is 21.7. The second kappa shape index (κ2) is 22.4. The molecular formula is C48H66N4O10S2. The number of hydrogen-bond donors (Lipinski definition) is 1. The molecule has 0 bridgehead atoms. The van der Waals surface area contributed by atoms with Crippen LogP contribution in [0, 0.1) is 11.8 Å². The van der Waals surface area contributed by atoms with Crippen molar-refractivity contribution in [3.63, 3.8) is 0 Å². The summed E-state index contributed by atoms with van der Waals surface area (Å²) in [6, 6.07) is 19.2. The van der Waals surface area contributed by atoms with Crippen LogP contribution in [-0.2, 0) is 46.4 Å². The summed E-state index contributed by atoms with van der Waals surface area (Å²) < 4.78 is 36.1. The van der Waals surface area contributed by atoms with Crippen molar-refractivity contribution >= 4 is 51.8 Å². The van der Waals surface area contributed by atoms with Gasteiger partial charge in [0.15, 0.2) is 16.1 Å². The number of rotatable bonds is 12. The molecular weight excluding hydrogens is 857 g/mol. The summed E-state index contributed by atoms with van der Waals surface area (Å²) in [5, 5.41) is 11.3. The van der Waals surface area contributed by atoms with Gasteiger partial charge in [-0.15, -0.1) is 13.2 Å². The van der Waals surface area contributed by atoms with Crippen LogP contribution in [0.25, 0.3) is 0 Å². The van der Waals surface area contributed by atoms with Crippen LogP contribution in [0.1, 0.15) is 80.4 Å². The van der Waals surface area contributed by atoms with Crippen LogP contribution in [0.3, 0.4) is 0 Å². The first-order chi connectivity index (χ1) is 30.2. The zero-order valence-electron chi connectivity index (χ0n) is 38.7. The minimum absolute atomic E-state index is 0.0478. The van der Waals surface area contributed by atoms with Gasteiger partial charge < -0.3 is 33.5 Å². The Kier molecular flexibility index (Phi) is 17.9. The lowest BCUT2D eigenvalue weighted by Gasteiger charge is -2.42. The average molecular weight is 923 g/mol. The minimum Gasteiger partial charge on any atom is -0.443 e. The largest absolute Gasteiger partial charge is 0.443 e. The topological polar surface area (TPSA) is 158 Å². The number of aliphatic imine (C=N–C) groups is 2. The Balaban J connectivity index is 0.000000241. The van der Waals surface area contributed by atoms with Gasteiger partial charge >= 0.3 is 12.2 Å². The zero-order chi connectivity index (χ0) is 46.9. The Morgan fingerprint density at radius 2 is 1.14 bits per heavy atom. The molecule has 0 aliphatic carbocycles. The maximum atomic E-state index is 12.8. The maximum Gasteiger partial charge on any atom is 0.416 e. The Bertz CT molecular complexity index is 1970. The van der Waals surface area contributed by atoms with Crippen LogP contribution in [0.15, 0.2) is 96.0 Å². The molecule has 350 valence electrons. The molecule has 2 saturated heterocycles. The van der Waals surface area contributed by atoms with Gasteiger partial charge in [0.25, 0.3) is 0 Å². The number of amides is 2. The van der Waals surface area contributed by atoms with E-state index in [1.54, 1.807) is 19.1 Å². The van der Waals surface area contributed by atoms with Crippen molar-refractivity contribution in [2.75, 3.05) is 13.1 Å². The van der Waals surface area contributed by atoms with Crippen molar-refractivity contribution in [2.24, 2.45) is 21.8 Å². The summed E-state index contributed by atoms with van der Waals surface area (Å²) >= 11 is 2.68. The van der Waals surface area contributed by atoms with E-state index in [-0.39, 0.29) is 60.4 Å². The summed E-state index contributed by atoms with van der Waals surface area (Å²) in [6.45, 7) is 27.0.